The number of nitrogens with zero attached hydrogens (tertiary/aromatic N) is 2. The second-order valence-corrected chi connectivity index (χ2v) is 14.1. The van der Waals surface area contributed by atoms with Crippen molar-refractivity contribution in [3.8, 4) is 5.75 Å². The fourth-order valence-corrected chi connectivity index (χ4v) is 7.36. The van der Waals surface area contributed by atoms with Gasteiger partial charge in [0.1, 0.15) is 11.9 Å². The van der Waals surface area contributed by atoms with Crippen molar-refractivity contribution < 1.29 is 22.2 Å². The number of benzene rings is 2. The molecule has 3 aliphatic heterocycles. The molecule has 0 aliphatic carbocycles. The summed E-state index contributed by atoms with van der Waals surface area (Å²) in [7, 11) is -4.24. The number of fused-ring (bicyclic) bond motifs is 1. The molecule has 9 heteroatoms. The van der Waals surface area contributed by atoms with Crippen molar-refractivity contribution in [3.63, 3.8) is 0 Å². The zero-order valence-corrected chi connectivity index (χ0v) is 22.9. The van der Waals surface area contributed by atoms with E-state index >= 15 is 0 Å². The van der Waals surface area contributed by atoms with Crippen LogP contribution in [0.5, 0.6) is 5.75 Å². The van der Waals surface area contributed by atoms with Gasteiger partial charge in [0.25, 0.3) is 0 Å². The minimum atomic E-state index is -3.16. The molecule has 0 bridgehead atoms. The highest BCUT2D eigenvalue weighted by atomic mass is 32.2. The average molecular weight is 519 g/mol. The minimum Gasteiger partial charge on any atom is -0.489 e. The van der Waals surface area contributed by atoms with E-state index in [0.717, 1.165) is 36.1 Å². The van der Waals surface area contributed by atoms with E-state index in [-0.39, 0.29) is 17.3 Å². The predicted molar refractivity (Wildman–Crippen MR) is 140 cm³/mol. The lowest BCUT2D eigenvalue weighted by atomic mass is 9.90. The second kappa shape index (κ2) is 9.00. The number of rotatable bonds is 5. The van der Waals surface area contributed by atoms with Gasteiger partial charge in [0.15, 0.2) is 0 Å². The molecule has 0 radical (unpaired) electrons. The molecule has 2 saturated heterocycles. The Hall–Kier alpha value is -1.70. The van der Waals surface area contributed by atoms with Crippen LogP contribution in [0.15, 0.2) is 42.5 Å². The first-order valence-electron chi connectivity index (χ1n) is 12.2. The molecule has 0 amide bonds. The predicted octanol–water partition coefficient (Wildman–Crippen LogP) is 4.20. The van der Waals surface area contributed by atoms with Gasteiger partial charge in [0, 0.05) is 37.0 Å². The first-order valence-corrected chi connectivity index (χ1v) is 15.2. The normalized spacial score (nSPS) is 24.5. The van der Waals surface area contributed by atoms with Crippen LogP contribution in [0.25, 0.3) is 0 Å². The zero-order valence-electron chi connectivity index (χ0n) is 21.2. The van der Waals surface area contributed by atoms with Gasteiger partial charge in [-0.1, -0.05) is 6.07 Å². The molecule has 3 aliphatic rings. The first kappa shape index (κ1) is 25.0. The Morgan fingerprint density at radius 3 is 2.31 bits per heavy atom. The van der Waals surface area contributed by atoms with E-state index in [2.05, 4.69) is 62.9 Å². The van der Waals surface area contributed by atoms with E-state index in [0.29, 0.717) is 19.5 Å². The molecule has 0 spiro atoms. The van der Waals surface area contributed by atoms with Gasteiger partial charge in [-0.15, -0.1) is 0 Å². The average Bonchev–Trinajstić information content (AvgIpc) is 3.34. The summed E-state index contributed by atoms with van der Waals surface area (Å²) in [5.41, 5.74) is 2.78. The van der Waals surface area contributed by atoms with Crippen LogP contribution in [0.2, 0.25) is 0 Å². The molecule has 0 saturated carbocycles. The molecule has 1 unspecified atom stereocenters. The molecule has 7 nitrogen and oxygen atoms in total. The number of sulfonamides is 1. The van der Waals surface area contributed by atoms with Gasteiger partial charge in [0.05, 0.1) is 24.0 Å². The Balaban J connectivity index is 1.19. The minimum absolute atomic E-state index is 0.122. The van der Waals surface area contributed by atoms with Gasteiger partial charge in [-0.3, -0.25) is 0 Å². The Labute approximate surface area is 210 Å². The lowest BCUT2D eigenvalue weighted by molar-refractivity contribution is 0.00578. The summed E-state index contributed by atoms with van der Waals surface area (Å²) in [6, 6.07) is 14.6. The molecule has 0 aromatic heterocycles. The van der Waals surface area contributed by atoms with Crippen LogP contribution < -0.4 is 14.9 Å². The molecule has 1 atom stereocenters. The van der Waals surface area contributed by atoms with Crippen molar-refractivity contribution >= 4 is 29.4 Å². The third kappa shape index (κ3) is 5.09. The summed E-state index contributed by atoms with van der Waals surface area (Å²) in [4.78, 5) is 2.36. The van der Waals surface area contributed by atoms with Crippen LogP contribution in [0.3, 0.4) is 0 Å². The Morgan fingerprint density at radius 2 is 1.66 bits per heavy atom. The molecule has 35 heavy (non-hydrogen) atoms. The molecule has 2 aromatic rings. The highest BCUT2D eigenvalue weighted by molar-refractivity contribution is 7.88. The van der Waals surface area contributed by atoms with Crippen molar-refractivity contribution in [3.05, 3.63) is 53.6 Å². The van der Waals surface area contributed by atoms with E-state index in [9.17, 15) is 8.42 Å². The van der Waals surface area contributed by atoms with Crippen LogP contribution in [0, 0.1) is 0 Å². The molecule has 5 rings (SSSR count). The first-order chi connectivity index (χ1) is 16.4. The lowest BCUT2D eigenvalue weighted by Crippen LogP contribution is -2.41. The van der Waals surface area contributed by atoms with E-state index in [1.807, 2.05) is 12.1 Å². The Bertz CT molecular complexity index is 1180. The van der Waals surface area contributed by atoms with E-state index < -0.39 is 18.4 Å². The monoisotopic (exact) mass is 518 g/mol. The summed E-state index contributed by atoms with van der Waals surface area (Å²) >= 11 is 0. The van der Waals surface area contributed by atoms with Crippen molar-refractivity contribution in [2.45, 2.75) is 64.4 Å². The topological polar surface area (TPSA) is 68.3 Å². The van der Waals surface area contributed by atoms with Crippen molar-refractivity contribution in [2.24, 2.45) is 0 Å². The summed E-state index contributed by atoms with van der Waals surface area (Å²) in [5, 5.41) is 1.10. The number of anilines is 1. The fraction of sp³-hybridized carbons (Fsp3) is 0.538. The maximum atomic E-state index is 11.9. The fourth-order valence-electron chi connectivity index (χ4n) is 4.65. The zero-order chi connectivity index (χ0) is 25.0. The van der Waals surface area contributed by atoms with Crippen LogP contribution in [-0.4, -0.2) is 55.9 Å². The molecule has 3 heterocycles. The summed E-state index contributed by atoms with van der Waals surface area (Å²) in [6.45, 7) is 11.1. The smallest absolute Gasteiger partial charge is 0.211 e. The van der Waals surface area contributed by atoms with Crippen molar-refractivity contribution in [2.75, 3.05) is 30.8 Å². The van der Waals surface area contributed by atoms with Crippen LogP contribution in [-0.2, 0) is 32.0 Å². The van der Waals surface area contributed by atoms with Gasteiger partial charge in [0.2, 0.25) is 18.4 Å². The van der Waals surface area contributed by atoms with Gasteiger partial charge in [-0.05, 0) is 81.6 Å². The quantitative estimate of drug-likeness (QED) is 0.553. The van der Waals surface area contributed by atoms with Crippen LogP contribution >= 0.6 is 8.38 Å². The van der Waals surface area contributed by atoms with Crippen molar-refractivity contribution in [1.29, 1.82) is 0 Å². The number of hydrogen-bond donors (Lipinski definition) is 0. The molecule has 2 aromatic carbocycles. The van der Waals surface area contributed by atoms with Gasteiger partial charge >= 0.3 is 0 Å². The van der Waals surface area contributed by atoms with Crippen LogP contribution in [0.1, 0.15) is 45.2 Å². The van der Waals surface area contributed by atoms with Gasteiger partial charge in [-0.25, -0.2) is 8.42 Å². The lowest BCUT2D eigenvalue weighted by Gasteiger charge is -2.29. The third-order valence-electron chi connectivity index (χ3n) is 7.57. The molecular weight excluding hydrogens is 483 g/mol. The van der Waals surface area contributed by atoms with Crippen molar-refractivity contribution in [1.82, 2.24) is 4.31 Å². The second-order valence-electron chi connectivity index (χ2n) is 10.7. The molecule has 2 fully saturated rings. The third-order valence-corrected chi connectivity index (χ3v) is 10.8. The maximum absolute atomic E-state index is 11.9. The maximum Gasteiger partial charge on any atom is 0.211 e. The molecular formula is C26H35N2O5PS. The number of ether oxygens (including phenoxy) is 1. The number of hydrogen-bond acceptors (Lipinski definition) is 6. The SMILES string of the molecule is CC1(C)OP(c2ccc(N3CCC(Oc4ccc5c(c4)CCN(S(C)(=O)=O)C5)C3)cc2)OC1(C)C. The standard InChI is InChI=1S/C26H35N2O5PS/c1-25(2)26(3,4)33-34(32-25)24-10-7-21(8-11-24)27-14-13-23(18-27)31-22-9-6-20-17-28(35(5,29)30)15-12-19(20)16-22/h6-11,16,23H,12-15,17-18H2,1-5H3. The Morgan fingerprint density at radius 1 is 0.971 bits per heavy atom. The highest BCUT2D eigenvalue weighted by Gasteiger charge is 2.50. The van der Waals surface area contributed by atoms with Crippen LogP contribution in [0.4, 0.5) is 5.69 Å². The molecule has 190 valence electrons. The van der Waals surface area contributed by atoms with Gasteiger partial charge < -0.3 is 18.7 Å². The largest absolute Gasteiger partial charge is 0.489 e. The Kier molecular flexibility index (Phi) is 6.42. The summed E-state index contributed by atoms with van der Waals surface area (Å²) in [5.74, 6) is 0.863. The summed E-state index contributed by atoms with van der Waals surface area (Å²) in [6.07, 6.45) is 3.07. The summed E-state index contributed by atoms with van der Waals surface area (Å²) < 4.78 is 44.1. The van der Waals surface area contributed by atoms with E-state index in [4.69, 9.17) is 13.8 Å². The highest BCUT2D eigenvalue weighted by Crippen LogP contribution is 2.57. The van der Waals surface area contributed by atoms with E-state index in [1.54, 1.807) is 0 Å². The van der Waals surface area contributed by atoms with Gasteiger partial charge in [-0.2, -0.15) is 4.31 Å². The van der Waals surface area contributed by atoms with E-state index in [1.165, 1.54) is 21.8 Å². The molecule has 0 N–H and O–H groups in total.